The molecule has 4 nitrogen and oxygen atoms in total. The van der Waals surface area contributed by atoms with E-state index in [1.54, 1.807) is 0 Å². The molecule has 2 N–H and O–H groups in total. The van der Waals surface area contributed by atoms with Gasteiger partial charge in [-0.2, -0.15) is 4.98 Å². The number of benzene rings is 1. The highest BCUT2D eigenvalue weighted by Crippen LogP contribution is 2.28. The van der Waals surface area contributed by atoms with Crippen LogP contribution in [0.2, 0.25) is 0 Å². The first-order chi connectivity index (χ1) is 9.15. The van der Waals surface area contributed by atoms with Crippen LogP contribution in [0, 0.1) is 4.77 Å². The second kappa shape index (κ2) is 4.59. The maximum absolute atomic E-state index is 5.03. The van der Waals surface area contributed by atoms with Gasteiger partial charge in [-0.1, -0.05) is 32.0 Å². The molecule has 0 unspecified atom stereocenters. The van der Waals surface area contributed by atoms with E-state index in [4.69, 9.17) is 12.2 Å². The standard InChI is InChI=1S/C14H14N4S/c1-8(2)12-7-10(13-16-14(19)18-17-13)9-5-3-4-6-11(9)15-12/h3-8H,1-2H3,(H2,16,17,18,19). The molecule has 2 heterocycles. The molecule has 0 aliphatic heterocycles. The van der Waals surface area contributed by atoms with Crippen molar-refractivity contribution in [3.63, 3.8) is 0 Å². The molecular formula is C14H14N4S. The Morgan fingerprint density at radius 3 is 2.58 bits per heavy atom. The van der Waals surface area contributed by atoms with Crippen LogP contribution in [0.25, 0.3) is 22.3 Å². The number of pyridine rings is 1. The van der Waals surface area contributed by atoms with Crippen molar-refractivity contribution < 1.29 is 0 Å². The minimum atomic E-state index is 0.366. The number of nitrogens with one attached hydrogen (secondary N) is 2. The SMILES string of the molecule is CC(C)c1cc(-c2nc(=S)[nH][nH]2)c2ccccc2n1. The third-order valence-corrected chi connectivity index (χ3v) is 3.28. The lowest BCUT2D eigenvalue weighted by Crippen LogP contribution is -1.96. The Morgan fingerprint density at radius 2 is 1.89 bits per heavy atom. The van der Waals surface area contributed by atoms with Crippen LogP contribution in [0.15, 0.2) is 30.3 Å². The maximum atomic E-state index is 5.03. The lowest BCUT2D eigenvalue weighted by Gasteiger charge is -2.09. The van der Waals surface area contributed by atoms with Gasteiger partial charge in [0.05, 0.1) is 5.52 Å². The Kier molecular flexibility index (Phi) is 2.91. The van der Waals surface area contributed by atoms with E-state index < -0.39 is 0 Å². The predicted octanol–water partition coefficient (Wildman–Crippen LogP) is 3.81. The molecule has 96 valence electrons. The fourth-order valence-corrected chi connectivity index (χ4v) is 2.23. The van der Waals surface area contributed by atoms with Crippen LogP contribution in [-0.2, 0) is 0 Å². The molecule has 5 heteroatoms. The molecule has 0 saturated carbocycles. The minimum absolute atomic E-state index is 0.366. The van der Waals surface area contributed by atoms with Crippen LogP contribution in [0.3, 0.4) is 0 Å². The highest BCUT2D eigenvalue weighted by atomic mass is 32.1. The van der Waals surface area contributed by atoms with Crippen molar-refractivity contribution >= 4 is 23.1 Å². The molecule has 19 heavy (non-hydrogen) atoms. The Bertz CT molecular complexity index is 785. The third-order valence-electron chi connectivity index (χ3n) is 3.08. The number of hydrogen-bond donors (Lipinski definition) is 2. The van der Waals surface area contributed by atoms with Crippen LogP contribution in [0.1, 0.15) is 25.5 Å². The minimum Gasteiger partial charge on any atom is -0.282 e. The summed E-state index contributed by atoms with van der Waals surface area (Å²) in [6.07, 6.45) is 0. The van der Waals surface area contributed by atoms with Gasteiger partial charge < -0.3 is 0 Å². The van der Waals surface area contributed by atoms with Gasteiger partial charge in [-0.3, -0.25) is 15.2 Å². The molecule has 1 aromatic carbocycles. The van der Waals surface area contributed by atoms with Crippen LogP contribution >= 0.6 is 12.2 Å². The smallest absolute Gasteiger partial charge is 0.213 e. The normalized spacial score (nSPS) is 11.3. The molecule has 3 aromatic rings. The van der Waals surface area contributed by atoms with E-state index in [1.165, 1.54) is 0 Å². The second-order valence-electron chi connectivity index (χ2n) is 4.78. The van der Waals surface area contributed by atoms with Crippen molar-refractivity contribution in [1.82, 2.24) is 20.2 Å². The average molecular weight is 270 g/mol. The van der Waals surface area contributed by atoms with E-state index >= 15 is 0 Å². The Morgan fingerprint density at radius 1 is 1.11 bits per heavy atom. The van der Waals surface area contributed by atoms with Crippen molar-refractivity contribution in [1.29, 1.82) is 0 Å². The Hall–Kier alpha value is -2.01. The first kappa shape index (κ1) is 12.0. The Balaban J connectivity index is 2.35. The van der Waals surface area contributed by atoms with E-state index in [1.807, 2.05) is 24.3 Å². The van der Waals surface area contributed by atoms with Gasteiger partial charge in [0.1, 0.15) is 0 Å². The first-order valence-corrected chi connectivity index (χ1v) is 6.60. The zero-order valence-electron chi connectivity index (χ0n) is 10.8. The van der Waals surface area contributed by atoms with Gasteiger partial charge in [0.2, 0.25) is 4.77 Å². The molecule has 0 amide bonds. The van der Waals surface area contributed by atoms with Crippen LogP contribution in [-0.4, -0.2) is 20.2 Å². The fraction of sp³-hybridized carbons (Fsp3) is 0.214. The number of fused-ring (bicyclic) bond motifs is 1. The highest BCUT2D eigenvalue weighted by Gasteiger charge is 2.11. The average Bonchev–Trinajstić information content (AvgIpc) is 2.84. The summed E-state index contributed by atoms with van der Waals surface area (Å²) in [6, 6.07) is 10.1. The molecule has 0 bridgehead atoms. The summed E-state index contributed by atoms with van der Waals surface area (Å²) in [6.45, 7) is 4.27. The van der Waals surface area contributed by atoms with E-state index in [0.29, 0.717) is 10.7 Å². The van der Waals surface area contributed by atoms with Gasteiger partial charge in [-0.25, -0.2) is 0 Å². The molecule has 0 aliphatic carbocycles. The summed E-state index contributed by atoms with van der Waals surface area (Å²) in [4.78, 5) is 9.00. The zero-order chi connectivity index (χ0) is 13.4. The summed E-state index contributed by atoms with van der Waals surface area (Å²) >= 11 is 5.03. The second-order valence-corrected chi connectivity index (χ2v) is 5.17. The number of aromatic amines is 2. The first-order valence-electron chi connectivity index (χ1n) is 6.20. The topological polar surface area (TPSA) is 57.4 Å². The molecule has 0 atom stereocenters. The van der Waals surface area contributed by atoms with E-state index in [0.717, 1.165) is 28.0 Å². The summed E-state index contributed by atoms with van der Waals surface area (Å²) in [5.41, 5.74) is 3.06. The van der Waals surface area contributed by atoms with Crippen molar-refractivity contribution in [2.24, 2.45) is 0 Å². The number of aromatic nitrogens is 4. The summed E-state index contributed by atoms with van der Waals surface area (Å²) < 4.78 is 0.460. The molecule has 0 spiro atoms. The highest BCUT2D eigenvalue weighted by molar-refractivity contribution is 7.71. The monoisotopic (exact) mass is 270 g/mol. The van der Waals surface area contributed by atoms with Crippen molar-refractivity contribution in [2.75, 3.05) is 0 Å². The summed E-state index contributed by atoms with van der Waals surface area (Å²) in [7, 11) is 0. The van der Waals surface area contributed by atoms with Gasteiger partial charge in [-0.05, 0) is 30.3 Å². The molecule has 0 fully saturated rings. The fourth-order valence-electron chi connectivity index (χ4n) is 2.09. The number of H-pyrrole nitrogens is 2. The molecule has 0 radical (unpaired) electrons. The quantitative estimate of drug-likeness (QED) is 0.696. The van der Waals surface area contributed by atoms with Gasteiger partial charge in [-0.15, -0.1) is 0 Å². The van der Waals surface area contributed by atoms with E-state index in [2.05, 4.69) is 40.1 Å². The number of rotatable bonds is 2. The predicted molar refractivity (Wildman–Crippen MR) is 78.6 cm³/mol. The van der Waals surface area contributed by atoms with Crippen molar-refractivity contribution in [3.8, 4) is 11.4 Å². The number of para-hydroxylation sites is 1. The summed E-state index contributed by atoms with van der Waals surface area (Å²) in [5, 5.41) is 6.92. The molecule has 3 rings (SSSR count). The van der Waals surface area contributed by atoms with E-state index in [-0.39, 0.29) is 0 Å². The number of nitrogens with zero attached hydrogens (tertiary/aromatic N) is 2. The van der Waals surface area contributed by atoms with Gasteiger partial charge in [0.25, 0.3) is 0 Å². The lowest BCUT2D eigenvalue weighted by molar-refractivity contribution is 0.830. The van der Waals surface area contributed by atoms with Crippen molar-refractivity contribution in [2.45, 2.75) is 19.8 Å². The molecule has 0 saturated heterocycles. The van der Waals surface area contributed by atoms with E-state index in [9.17, 15) is 0 Å². The largest absolute Gasteiger partial charge is 0.282 e. The molecule has 0 aliphatic rings. The molecule has 2 aromatic heterocycles. The third kappa shape index (κ3) is 2.17. The summed E-state index contributed by atoms with van der Waals surface area (Å²) in [5.74, 6) is 1.12. The van der Waals surface area contributed by atoms with Crippen molar-refractivity contribution in [3.05, 3.63) is 40.8 Å². The molecular weight excluding hydrogens is 256 g/mol. The van der Waals surface area contributed by atoms with Crippen LogP contribution in [0.5, 0.6) is 0 Å². The maximum Gasteiger partial charge on any atom is 0.213 e. The van der Waals surface area contributed by atoms with Gasteiger partial charge >= 0.3 is 0 Å². The van der Waals surface area contributed by atoms with Gasteiger partial charge in [0, 0.05) is 16.6 Å². The van der Waals surface area contributed by atoms with Crippen LogP contribution < -0.4 is 0 Å². The number of hydrogen-bond acceptors (Lipinski definition) is 3. The lowest BCUT2D eigenvalue weighted by atomic mass is 10.0. The Labute approximate surface area is 115 Å². The van der Waals surface area contributed by atoms with Crippen LogP contribution in [0.4, 0.5) is 0 Å². The zero-order valence-corrected chi connectivity index (χ0v) is 11.6. The van der Waals surface area contributed by atoms with Gasteiger partial charge in [0.15, 0.2) is 5.82 Å².